The number of nitrogens with two attached hydrogens (primary N) is 1. The number of thioether (sulfide) groups is 1. The van der Waals surface area contributed by atoms with Crippen LogP contribution in [-0.2, 0) is 4.74 Å². The molecule has 1 aromatic rings. The first-order valence-corrected chi connectivity index (χ1v) is 9.10. The highest BCUT2D eigenvalue weighted by molar-refractivity contribution is 9.10. The van der Waals surface area contributed by atoms with Crippen LogP contribution in [0, 0.1) is 5.92 Å². The average Bonchev–Trinajstić information content (AvgIpc) is 2.90. The molecule has 0 aromatic heterocycles. The number of hydrogen-bond acceptors (Lipinski definition) is 4. The van der Waals surface area contributed by atoms with Gasteiger partial charge in [-0.3, -0.25) is 11.3 Å². The zero-order valence-electron chi connectivity index (χ0n) is 11.5. The molecule has 1 aromatic carbocycles. The maximum Gasteiger partial charge on any atom is 0.0783 e. The third-order valence-electron chi connectivity index (χ3n) is 4.48. The van der Waals surface area contributed by atoms with Crippen LogP contribution in [0.5, 0.6) is 0 Å². The lowest BCUT2D eigenvalue weighted by atomic mass is 9.79. The van der Waals surface area contributed by atoms with Crippen molar-refractivity contribution in [2.45, 2.75) is 30.9 Å². The Hall–Kier alpha value is -0.0700. The molecule has 3 rings (SSSR count). The Balaban J connectivity index is 1.76. The lowest BCUT2D eigenvalue weighted by Crippen LogP contribution is -2.45. The predicted molar refractivity (Wildman–Crippen MR) is 87.6 cm³/mol. The average molecular weight is 357 g/mol. The topological polar surface area (TPSA) is 47.3 Å². The van der Waals surface area contributed by atoms with Gasteiger partial charge in [0, 0.05) is 22.9 Å². The minimum absolute atomic E-state index is 0.109. The number of benzene rings is 1. The summed E-state index contributed by atoms with van der Waals surface area (Å²) in [6.45, 7) is 0.861. The van der Waals surface area contributed by atoms with Crippen molar-refractivity contribution in [2.24, 2.45) is 11.8 Å². The summed E-state index contributed by atoms with van der Waals surface area (Å²) in [7, 11) is 0. The second-order valence-corrected chi connectivity index (χ2v) is 7.80. The molecule has 0 aliphatic carbocycles. The number of hydrazine groups is 1. The Morgan fingerprint density at radius 2 is 2.20 bits per heavy atom. The third kappa shape index (κ3) is 3.07. The standard InChI is InChI=1S/C15H21BrN2OS/c16-13-3-1-11(2-4-13)14(18-17)12-5-7-19-15(9-12)6-8-20-10-15/h1-4,12,14,18H,5-10,17H2. The molecule has 0 bridgehead atoms. The number of hydrogen-bond donors (Lipinski definition) is 2. The molecule has 2 aliphatic heterocycles. The lowest BCUT2D eigenvalue weighted by molar-refractivity contribution is -0.0854. The summed E-state index contributed by atoms with van der Waals surface area (Å²) < 4.78 is 7.21. The minimum atomic E-state index is 0.109. The van der Waals surface area contributed by atoms with E-state index in [0.29, 0.717) is 5.92 Å². The van der Waals surface area contributed by atoms with E-state index in [-0.39, 0.29) is 11.6 Å². The van der Waals surface area contributed by atoms with Crippen LogP contribution in [0.3, 0.4) is 0 Å². The zero-order chi connectivity index (χ0) is 14.0. The van der Waals surface area contributed by atoms with Gasteiger partial charge in [-0.25, -0.2) is 0 Å². The van der Waals surface area contributed by atoms with Crippen molar-refractivity contribution in [1.82, 2.24) is 5.43 Å². The van der Waals surface area contributed by atoms with Crippen LogP contribution in [0.1, 0.15) is 30.9 Å². The smallest absolute Gasteiger partial charge is 0.0783 e. The summed E-state index contributed by atoms with van der Waals surface area (Å²) in [6, 6.07) is 8.69. The van der Waals surface area contributed by atoms with Crippen LogP contribution in [0.4, 0.5) is 0 Å². The maximum absolute atomic E-state index is 6.11. The number of rotatable bonds is 3. The van der Waals surface area contributed by atoms with Gasteiger partial charge in [0.15, 0.2) is 0 Å². The number of halogens is 1. The van der Waals surface area contributed by atoms with Crippen molar-refractivity contribution in [3.05, 3.63) is 34.3 Å². The second kappa shape index (κ2) is 6.36. The van der Waals surface area contributed by atoms with Gasteiger partial charge >= 0.3 is 0 Å². The maximum atomic E-state index is 6.11. The molecule has 110 valence electrons. The van der Waals surface area contributed by atoms with Crippen molar-refractivity contribution < 1.29 is 4.74 Å². The van der Waals surface area contributed by atoms with Crippen molar-refractivity contribution in [3.63, 3.8) is 0 Å². The van der Waals surface area contributed by atoms with Crippen LogP contribution in [-0.4, -0.2) is 23.7 Å². The molecule has 0 radical (unpaired) electrons. The van der Waals surface area contributed by atoms with Crippen molar-refractivity contribution in [1.29, 1.82) is 0 Å². The molecule has 2 saturated heterocycles. The van der Waals surface area contributed by atoms with Gasteiger partial charge in [-0.05, 0) is 48.6 Å². The van der Waals surface area contributed by atoms with Crippen molar-refractivity contribution >= 4 is 27.7 Å². The van der Waals surface area contributed by atoms with Gasteiger partial charge < -0.3 is 4.74 Å². The summed E-state index contributed by atoms with van der Waals surface area (Å²) in [5.74, 6) is 8.77. The molecule has 3 atom stereocenters. The lowest BCUT2D eigenvalue weighted by Gasteiger charge is -2.40. The SMILES string of the molecule is NNC(c1ccc(Br)cc1)C1CCOC2(CCSC2)C1. The van der Waals surface area contributed by atoms with Gasteiger partial charge in [0.25, 0.3) is 0 Å². The fourth-order valence-corrected chi connectivity index (χ4v) is 5.03. The second-order valence-electron chi connectivity index (χ2n) is 5.78. The molecule has 2 aliphatic rings. The van der Waals surface area contributed by atoms with E-state index in [1.807, 2.05) is 11.8 Å². The largest absolute Gasteiger partial charge is 0.374 e. The molecule has 3 unspecified atom stereocenters. The molecule has 5 heteroatoms. The van der Waals surface area contributed by atoms with Gasteiger partial charge in [0.2, 0.25) is 0 Å². The van der Waals surface area contributed by atoms with E-state index in [1.165, 1.54) is 17.7 Å². The molecule has 2 heterocycles. The predicted octanol–water partition coefficient (Wildman–Crippen LogP) is 3.26. The van der Waals surface area contributed by atoms with Crippen molar-refractivity contribution in [2.75, 3.05) is 18.1 Å². The molecule has 20 heavy (non-hydrogen) atoms. The molecule has 1 spiro atoms. The molecule has 3 nitrogen and oxygen atoms in total. The van der Waals surface area contributed by atoms with Crippen molar-refractivity contribution in [3.8, 4) is 0 Å². The van der Waals surface area contributed by atoms with E-state index in [9.17, 15) is 0 Å². The monoisotopic (exact) mass is 356 g/mol. The van der Waals surface area contributed by atoms with E-state index in [2.05, 4.69) is 45.6 Å². The summed E-state index contributed by atoms with van der Waals surface area (Å²) in [5, 5.41) is 0. The van der Waals surface area contributed by atoms with Gasteiger partial charge in [0.1, 0.15) is 0 Å². The molecule has 0 saturated carbocycles. The first kappa shape index (κ1) is 14.9. The number of nitrogens with one attached hydrogen (secondary N) is 1. The van der Waals surface area contributed by atoms with E-state index >= 15 is 0 Å². The van der Waals surface area contributed by atoms with Gasteiger partial charge in [-0.1, -0.05) is 28.1 Å². The first-order chi connectivity index (χ1) is 9.72. The highest BCUT2D eigenvalue weighted by Gasteiger charge is 2.42. The van der Waals surface area contributed by atoms with Crippen LogP contribution in [0.15, 0.2) is 28.7 Å². The van der Waals surface area contributed by atoms with Crippen LogP contribution in [0.2, 0.25) is 0 Å². The van der Waals surface area contributed by atoms with E-state index in [1.54, 1.807) is 0 Å². The summed E-state index contributed by atoms with van der Waals surface area (Å²) in [5.41, 5.74) is 4.41. The van der Waals surface area contributed by atoms with E-state index in [4.69, 9.17) is 10.6 Å². The quantitative estimate of drug-likeness (QED) is 0.644. The summed E-state index contributed by atoms with van der Waals surface area (Å²) in [6.07, 6.45) is 3.38. The number of ether oxygens (including phenoxy) is 1. The van der Waals surface area contributed by atoms with E-state index < -0.39 is 0 Å². The van der Waals surface area contributed by atoms with Crippen LogP contribution in [0.25, 0.3) is 0 Å². The normalized spacial score (nSPS) is 31.6. The Labute approximate surface area is 133 Å². The zero-order valence-corrected chi connectivity index (χ0v) is 13.9. The van der Waals surface area contributed by atoms with Gasteiger partial charge in [-0.15, -0.1) is 0 Å². The fourth-order valence-electron chi connectivity index (χ4n) is 3.39. The molecular formula is C15H21BrN2OS. The Morgan fingerprint density at radius 1 is 1.40 bits per heavy atom. The third-order valence-corrected chi connectivity index (χ3v) is 6.23. The summed E-state index contributed by atoms with van der Waals surface area (Å²) in [4.78, 5) is 0. The van der Waals surface area contributed by atoms with Gasteiger partial charge in [0.05, 0.1) is 5.60 Å². The summed E-state index contributed by atoms with van der Waals surface area (Å²) >= 11 is 5.50. The van der Waals surface area contributed by atoms with E-state index in [0.717, 1.165) is 29.7 Å². The molecule has 0 amide bonds. The first-order valence-electron chi connectivity index (χ1n) is 7.16. The molecular weight excluding hydrogens is 336 g/mol. The fraction of sp³-hybridized carbons (Fsp3) is 0.600. The van der Waals surface area contributed by atoms with Crippen LogP contribution < -0.4 is 11.3 Å². The Morgan fingerprint density at radius 3 is 2.85 bits per heavy atom. The Kier molecular flexibility index (Phi) is 4.72. The highest BCUT2D eigenvalue weighted by Crippen LogP contribution is 2.43. The van der Waals surface area contributed by atoms with Gasteiger partial charge in [-0.2, -0.15) is 11.8 Å². The molecule has 2 fully saturated rings. The molecule has 3 N–H and O–H groups in total. The Bertz CT molecular complexity index is 448. The minimum Gasteiger partial charge on any atom is -0.374 e. The van der Waals surface area contributed by atoms with Crippen LogP contribution >= 0.6 is 27.7 Å². The highest BCUT2D eigenvalue weighted by atomic mass is 79.9.